The van der Waals surface area contributed by atoms with E-state index in [9.17, 15) is 0 Å². The van der Waals surface area contributed by atoms with Crippen LogP contribution in [0.25, 0.3) is 0 Å². The number of hydrogen-bond donors (Lipinski definition) is 0. The van der Waals surface area contributed by atoms with E-state index in [4.69, 9.17) is 9.98 Å². The monoisotopic (exact) mass is 366 g/mol. The van der Waals surface area contributed by atoms with Crippen LogP contribution >= 0.6 is 0 Å². The molecule has 0 bridgehead atoms. The van der Waals surface area contributed by atoms with Crippen molar-refractivity contribution in [2.75, 3.05) is 0 Å². The van der Waals surface area contributed by atoms with Crippen LogP contribution in [0.4, 0.5) is 5.69 Å². The summed E-state index contributed by atoms with van der Waals surface area (Å²) < 4.78 is 0. The average Bonchev–Trinajstić information content (AvgIpc) is 2.58. The van der Waals surface area contributed by atoms with E-state index in [1.54, 1.807) is 0 Å². The smallest absolute Gasteiger partial charge is 0.0701 e. The van der Waals surface area contributed by atoms with Crippen molar-refractivity contribution in [3.63, 3.8) is 0 Å². The lowest BCUT2D eigenvalue weighted by molar-refractivity contribution is 0.801. The van der Waals surface area contributed by atoms with Gasteiger partial charge in [0.1, 0.15) is 0 Å². The van der Waals surface area contributed by atoms with Crippen molar-refractivity contribution in [1.82, 2.24) is 0 Å². The van der Waals surface area contributed by atoms with Crippen LogP contribution in [0.2, 0.25) is 0 Å². The van der Waals surface area contributed by atoms with Crippen LogP contribution in [0, 0.1) is 5.92 Å². The summed E-state index contributed by atoms with van der Waals surface area (Å²) >= 11 is 0. The molecule has 1 aromatic rings. The largest absolute Gasteiger partial charge is 0.258 e. The van der Waals surface area contributed by atoms with E-state index in [0.29, 0.717) is 17.8 Å². The summed E-state index contributed by atoms with van der Waals surface area (Å²) in [6.07, 6.45) is 2.97. The van der Waals surface area contributed by atoms with E-state index in [2.05, 4.69) is 86.2 Å². The number of nitrogens with zero attached hydrogens (tertiary/aromatic N) is 2. The number of allylic oxidation sites excluding steroid dienone is 3. The number of para-hydroxylation sites is 1. The Balaban J connectivity index is 3.33. The number of hydrogen-bond acceptors (Lipinski definition) is 2. The summed E-state index contributed by atoms with van der Waals surface area (Å²) in [4.78, 5) is 9.81. The maximum absolute atomic E-state index is 5.00. The van der Waals surface area contributed by atoms with Gasteiger partial charge in [0.15, 0.2) is 0 Å². The van der Waals surface area contributed by atoms with Gasteiger partial charge in [-0.25, -0.2) is 0 Å². The molecule has 27 heavy (non-hydrogen) atoms. The summed E-state index contributed by atoms with van der Waals surface area (Å²) in [6.45, 7) is 23.7. The summed E-state index contributed by atoms with van der Waals surface area (Å²) in [5.41, 5.74) is 7.88. The molecule has 1 aromatic carbocycles. The fourth-order valence-corrected chi connectivity index (χ4v) is 3.11. The molecule has 0 atom stereocenters. The first-order valence-electron chi connectivity index (χ1n) is 10.2. The molecule has 0 aliphatic carbocycles. The Morgan fingerprint density at radius 1 is 1.00 bits per heavy atom. The van der Waals surface area contributed by atoms with Gasteiger partial charge in [-0.1, -0.05) is 73.2 Å². The Hall–Kier alpha value is -1.96. The fourth-order valence-electron chi connectivity index (χ4n) is 3.11. The molecule has 148 valence electrons. The van der Waals surface area contributed by atoms with Gasteiger partial charge in [-0.3, -0.25) is 9.98 Å². The maximum atomic E-state index is 5.00. The predicted octanol–water partition coefficient (Wildman–Crippen LogP) is 7.99. The molecule has 0 heterocycles. The first-order chi connectivity index (χ1) is 12.6. The van der Waals surface area contributed by atoms with Crippen molar-refractivity contribution in [2.24, 2.45) is 15.9 Å². The van der Waals surface area contributed by atoms with Crippen molar-refractivity contribution in [3.05, 3.63) is 53.3 Å². The van der Waals surface area contributed by atoms with E-state index in [1.165, 1.54) is 11.1 Å². The van der Waals surface area contributed by atoms with Gasteiger partial charge >= 0.3 is 0 Å². The Morgan fingerprint density at radius 3 is 1.93 bits per heavy atom. The Labute approximate surface area is 167 Å². The van der Waals surface area contributed by atoms with Crippen molar-refractivity contribution in [3.8, 4) is 0 Å². The van der Waals surface area contributed by atoms with Crippen LogP contribution in [0.1, 0.15) is 91.7 Å². The minimum atomic E-state index is 0.415. The molecule has 1 rings (SSSR count). The molecule has 0 aromatic heterocycles. The third-order valence-electron chi connectivity index (χ3n) is 4.76. The standard InChI is InChI=1S/C25H38N2/c1-11-24(21(10)16(2)3)26-19(8)15-20(9)27-25-22(17(4)5)13-12-14-23(25)18(6)7/h12-18H,10-11H2,1-9H3/b19-15-,26-24?,27-20?. The van der Waals surface area contributed by atoms with Crippen LogP contribution in [-0.2, 0) is 0 Å². The highest BCUT2D eigenvalue weighted by Crippen LogP contribution is 2.34. The predicted molar refractivity (Wildman–Crippen MR) is 123 cm³/mol. The highest BCUT2D eigenvalue weighted by atomic mass is 14.8. The van der Waals surface area contributed by atoms with Crippen molar-refractivity contribution < 1.29 is 0 Å². The van der Waals surface area contributed by atoms with Gasteiger partial charge in [-0.15, -0.1) is 0 Å². The Kier molecular flexibility index (Phi) is 8.88. The third kappa shape index (κ3) is 6.61. The highest BCUT2D eigenvalue weighted by Gasteiger charge is 2.13. The Morgan fingerprint density at radius 2 is 1.52 bits per heavy atom. The molecule has 2 heteroatoms. The first kappa shape index (κ1) is 23.1. The molecule has 0 amide bonds. The van der Waals surface area contributed by atoms with Crippen LogP contribution in [-0.4, -0.2) is 11.4 Å². The van der Waals surface area contributed by atoms with E-state index in [1.807, 2.05) is 6.92 Å². The number of aliphatic imine (C=N–C) groups is 2. The van der Waals surface area contributed by atoms with Gasteiger partial charge in [0.25, 0.3) is 0 Å². The molecule has 0 aliphatic heterocycles. The van der Waals surface area contributed by atoms with Crippen LogP contribution < -0.4 is 0 Å². The molecule has 0 spiro atoms. The molecule has 0 unspecified atom stereocenters. The average molecular weight is 367 g/mol. The highest BCUT2D eigenvalue weighted by molar-refractivity contribution is 6.01. The molecule has 0 fully saturated rings. The molecule has 0 N–H and O–H groups in total. The van der Waals surface area contributed by atoms with Gasteiger partial charge in [-0.05, 0) is 60.8 Å². The molecule has 0 saturated heterocycles. The zero-order valence-electron chi connectivity index (χ0n) is 18.9. The first-order valence-corrected chi connectivity index (χ1v) is 10.2. The molecule has 0 saturated carbocycles. The van der Waals surface area contributed by atoms with Gasteiger partial charge in [0, 0.05) is 17.1 Å². The lowest BCUT2D eigenvalue weighted by Crippen LogP contribution is -2.06. The lowest BCUT2D eigenvalue weighted by Gasteiger charge is -2.16. The maximum Gasteiger partial charge on any atom is 0.0701 e. The number of benzene rings is 1. The normalized spacial score (nSPS) is 13.9. The zero-order chi connectivity index (χ0) is 20.7. The van der Waals surface area contributed by atoms with E-state index in [-0.39, 0.29) is 0 Å². The molecule has 0 aliphatic rings. The zero-order valence-corrected chi connectivity index (χ0v) is 18.9. The Bertz CT molecular complexity index is 717. The van der Waals surface area contributed by atoms with E-state index in [0.717, 1.165) is 34.8 Å². The molecule has 2 nitrogen and oxygen atoms in total. The van der Waals surface area contributed by atoms with Gasteiger partial charge in [-0.2, -0.15) is 0 Å². The lowest BCUT2D eigenvalue weighted by atomic mass is 9.93. The van der Waals surface area contributed by atoms with Gasteiger partial charge in [0.2, 0.25) is 0 Å². The summed E-state index contributed by atoms with van der Waals surface area (Å²) in [6, 6.07) is 6.54. The van der Waals surface area contributed by atoms with Crippen molar-refractivity contribution in [1.29, 1.82) is 0 Å². The van der Waals surface area contributed by atoms with Crippen molar-refractivity contribution in [2.45, 2.75) is 80.6 Å². The van der Waals surface area contributed by atoms with E-state index >= 15 is 0 Å². The minimum Gasteiger partial charge on any atom is -0.258 e. The topological polar surface area (TPSA) is 24.7 Å². The molecular weight excluding hydrogens is 328 g/mol. The van der Waals surface area contributed by atoms with Crippen LogP contribution in [0.5, 0.6) is 0 Å². The second-order valence-corrected chi connectivity index (χ2v) is 8.23. The fraction of sp³-hybridized carbons (Fsp3) is 0.520. The summed E-state index contributed by atoms with van der Waals surface area (Å²) in [5, 5.41) is 0. The minimum absolute atomic E-state index is 0.415. The van der Waals surface area contributed by atoms with Crippen LogP contribution in [0.15, 0.2) is 52.1 Å². The summed E-state index contributed by atoms with van der Waals surface area (Å²) in [7, 11) is 0. The number of rotatable bonds is 8. The quantitative estimate of drug-likeness (QED) is 0.416. The van der Waals surface area contributed by atoms with Crippen molar-refractivity contribution >= 4 is 17.1 Å². The summed E-state index contributed by atoms with van der Waals surface area (Å²) in [5.74, 6) is 1.30. The van der Waals surface area contributed by atoms with Crippen LogP contribution in [0.3, 0.4) is 0 Å². The van der Waals surface area contributed by atoms with Gasteiger partial charge < -0.3 is 0 Å². The third-order valence-corrected chi connectivity index (χ3v) is 4.76. The molecule has 0 radical (unpaired) electrons. The second kappa shape index (κ2) is 10.4. The molecular formula is C25H38N2. The SMILES string of the molecule is C=C(C(CC)=N/C(C)=C\C(C)=Nc1c(C(C)C)cccc1C(C)C)C(C)C. The van der Waals surface area contributed by atoms with E-state index < -0.39 is 0 Å². The second-order valence-electron chi connectivity index (χ2n) is 8.23. The van der Waals surface area contributed by atoms with Gasteiger partial charge in [0.05, 0.1) is 5.69 Å².